The fourth-order valence-electron chi connectivity index (χ4n) is 3.73. The number of aliphatic hydroxyl groups is 1. The van der Waals surface area contributed by atoms with Gasteiger partial charge in [-0.3, -0.25) is 4.90 Å². The summed E-state index contributed by atoms with van der Waals surface area (Å²) in [7, 11) is 4.88. The zero-order valence-electron chi connectivity index (χ0n) is 18.6. The van der Waals surface area contributed by atoms with Crippen LogP contribution in [-0.2, 0) is 11.3 Å². The zero-order chi connectivity index (χ0) is 22.1. The molecule has 0 radical (unpaired) electrons. The number of hydrogen-bond donors (Lipinski definition) is 1. The SMILES string of the molecule is COc1ccc(OC[C@H](O)CN(Cc2ccc(OC)c(OC)c2)C[C@@H]2CCCO2)cc1. The summed E-state index contributed by atoms with van der Waals surface area (Å²) < 4.78 is 27.5. The number of aliphatic hydroxyl groups excluding tert-OH is 1. The van der Waals surface area contributed by atoms with E-state index in [1.54, 1.807) is 21.3 Å². The lowest BCUT2D eigenvalue weighted by Gasteiger charge is -2.27. The summed E-state index contributed by atoms with van der Waals surface area (Å²) in [6, 6.07) is 13.2. The number of ether oxygens (including phenoxy) is 5. The number of methoxy groups -OCH3 is 3. The molecule has 3 rings (SSSR count). The van der Waals surface area contributed by atoms with Gasteiger partial charge in [0.2, 0.25) is 0 Å². The molecule has 1 heterocycles. The van der Waals surface area contributed by atoms with Gasteiger partial charge in [-0.2, -0.15) is 0 Å². The van der Waals surface area contributed by atoms with Crippen molar-refractivity contribution < 1.29 is 28.8 Å². The average molecular weight is 432 g/mol. The molecule has 2 aromatic carbocycles. The van der Waals surface area contributed by atoms with Gasteiger partial charge in [-0.05, 0) is 54.8 Å². The summed E-state index contributed by atoms with van der Waals surface area (Å²) in [6.07, 6.45) is 1.68. The Bertz CT molecular complexity index is 791. The van der Waals surface area contributed by atoms with Crippen LogP contribution in [0.25, 0.3) is 0 Å². The van der Waals surface area contributed by atoms with Gasteiger partial charge in [0.25, 0.3) is 0 Å². The second kappa shape index (κ2) is 11.8. The van der Waals surface area contributed by atoms with Crippen molar-refractivity contribution in [1.82, 2.24) is 4.90 Å². The first kappa shape index (κ1) is 23.2. The first-order chi connectivity index (χ1) is 15.1. The zero-order valence-corrected chi connectivity index (χ0v) is 18.6. The van der Waals surface area contributed by atoms with Gasteiger partial charge in [0.1, 0.15) is 24.2 Å². The quantitative estimate of drug-likeness (QED) is 0.554. The summed E-state index contributed by atoms with van der Waals surface area (Å²) in [5, 5.41) is 10.6. The van der Waals surface area contributed by atoms with Crippen molar-refractivity contribution in [3.05, 3.63) is 48.0 Å². The van der Waals surface area contributed by atoms with Crippen LogP contribution in [0.1, 0.15) is 18.4 Å². The Balaban J connectivity index is 1.60. The van der Waals surface area contributed by atoms with Crippen molar-refractivity contribution in [1.29, 1.82) is 0 Å². The maximum absolute atomic E-state index is 10.6. The van der Waals surface area contributed by atoms with Gasteiger partial charge in [-0.15, -0.1) is 0 Å². The Morgan fingerprint density at radius 1 is 1.00 bits per heavy atom. The van der Waals surface area contributed by atoms with Crippen molar-refractivity contribution in [2.75, 3.05) is 47.6 Å². The molecule has 1 N–H and O–H groups in total. The minimum absolute atomic E-state index is 0.190. The van der Waals surface area contributed by atoms with Crippen LogP contribution in [-0.4, -0.2) is 69.8 Å². The standard InChI is InChI=1S/C24H33NO6/c1-27-20-7-9-21(10-8-20)31-17-19(26)15-25(16-22-5-4-12-30-22)14-18-6-11-23(28-2)24(13-18)29-3/h6-11,13,19,22,26H,4-5,12,14-17H2,1-3H3/t19-,22+/m1/s1. The van der Waals surface area contributed by atoms with Crippen LogP contribution in [0.15, 0.2) is 42.5 Å². The van der Waals surface area contributed by atoms with Crippen LogP contribution in [0.4, 0.5) is 0 Å². The van der Waals surface area contributed by atoms with Crippen LogP contribution in [0, 0.1) is 0 Å². The average Bonchev–Trinajstić information content (AvgIpc) is 3.31. The van der Waals surface area contributed by atoms with Gasteiger partial charge in [-0.1, -0.05) is 6.07 Å². The molecular formula is C24H33NO6. The third-order valence-electron chi connectivity index (χ3n) is 5.31. The lowest BCUT2D eigenvalue weighted by Crippen LogP contribution is -2.39. The van der Waals surface area contributed by atoms with Crippen LogP contribution < -0.4 is 18.9 Å². The maximum atomic E-state index is 10.6. The Morgan fingerprint density at radius 2 is 1.74 bits per heavy atom. The van der Waals surface area contributed by atoms with Gasteiger partial charge in [0.15, 0.2) is 11.5 Å². The van der Waals surface area contributed by atoms with Crippen molar-refractivity contribution in [3.63, 3.8) is 0 Å². The largest absolute Gasteiger partial charge is 0.497 e. The van der Waals surface area contributed by atoms with Crippen molar-refractivity contribution in [3.8, 4) is 23.0 Å². The predicted molar refractivity (Wildman–Crippen MR) is 118 cm³/mol. The smallest absolute Gasteiger partial charge is 0.161 e. The van der Waals surface area contributed by atoms with Crippen molar-refractivity contribution >= 4 is 0 Å². The molecule has 7 heteroatoms. The third kappa shape index (κ3) is 7.02. The number of rotatable bonds is 12. The summed E-state index contributed by atoms with van der Waals surface area (Å²) in [5.74, 6) is 2.86. The van der Waals surface area contributed by atoms with E-state index in [1.165, 1.54) is 0 Å². The first-order valence-electron chi connectivity index (χ1n) is 10.6. The molecule has 1 saturated heterocycles. The van der Waals surface area contributed by atoms with E-state index >= 15 is 0 Å². The van der Waals surface area contributed by atoms with Gasteiger partial charge < -0.3 is 28.8 Å². The summed E-state index contributed by atoms with van der Waals surface area (Å²) >= 11 is 0. The molecule has 1 aliphatic rings. The molecule has 0 aliphatic carbocycles. The highest BCUT2D eigenvalue weighted by molar-refractivity contribution is 5.42. The molecule has 0 aromatic heterocycles. The summed E-state index contributed by atoms with van der Waals surface area (Å²) in [6.45, 7) is 2.91. The van der Waals surface area contributed by atoms with E-state index < -0.39 is 6.10 Å². The fourth-order valence-corrected chi connectivity index (χ4v) is 3.73. The molecule has 1 aliphatic heterocycles. The third-order valence-corrected chi connectivity index (χ3v) is 5.31. The van der Waals surface area contributed by atoms with Crippen LogP contribution >= 0.6 is 0 Å². The minimum Gasteiger partial charge on any atom is -0.497 e. The summed E-state index contributed by atoms with van der Waals surface area (Å²) in [5.41, 5.74) is 1.08. The molecule has 170 valence electrons. The molecule has 1 fully saturated rings. The van der Waals surface area contributed by atoms with Gasteiger partial charge in [0.05, 0.1) is 27.4 Å². The van der Waals surface area contributed by atoms with Gasteiger partial charge in [-0.25, -0.2) is 0 Å². The topological polar surface area (TPSA) is 69.6 Å². The maximum Gasteiger partial charge on any atom is 0.161 e. The van der Waals surface area contributed by atoms with E-state index in [1.807, 2.05) is 42.5 Å². The van der Waals surface area contributed by atoms with E-state index in [4.69, 9.17) is 23.7 Å². The molecule has 7 nitrogen and oxygen atoms in total. The second-order valence-corrected chi connectivity index (χ2v) is 7.66. The Kier molecular flexibility index (Phi) is 8.82. The number of nitrogens with zero attached hydrogens (tertiary/aromatic N) is 1. The van der Waals surface area contributed by atoms with E-state index in [-0.39, 0.29) is 12.7 Å². The van der Waals surface area contributed by atoms with Gasteiger partial charge >= 0.3 is 0 Å². The molecule has 0 amide bonds. The molecule has 2 aromatic rings. The molecule has 2 atom stereocenters. The normalized spacial score (nSPS) is 16.9. The summed E-state index contributed by atoms with van der Waals surface area (Å²) in [4.78, 5) is 2.21. The Morgan fingerprint density at radius 3 is 2.39 bits per heavy atom. The van der Waals surface area contributed by atoms with Crippen molar-refractivity contribution in [2.45, 2.75) is 31.6 Å². The molecule has 0 bridgehead atoms. The highest BCUT2D eigenvalue weighted by atomic mass is 16.5. The molecule has 0 spiro atoms. The lowest BCUT2D eigenvalue weighted by molar-refractivity contribution is 0.0313. The van der Waals surface area contributed by atoms with Crippen molar-refractivity contribution in [2.24, 2.45) is 0 Å². The predicted octanol–water partition coefficient (Wildman–Crippen LogP) is 3.13. The molecule has 0 unspecified atom stereocenters. The van der Waals surface area contributed by atoms with E-state index in [2.05, 4.69) is 4.90 Å². The highest BCUT2D eigenvalue weighted by Crippen LogP contribution is 2.28. The monoisotopic (exact) mass is 431 g/mol. The molecule has 31 heavy (non-hydrogen) atoms. The Labute approximate surface area is 184 Å². The number of benzene rings is 2. The van der Waals surface area contributed by atoms with Gasteiger partial charge in [0, 0.05) is 26.2 Å². The first-order valence-corrected chi connectivity index (χ1v) is 10.6. The molecular weight excluding hydrogens is 398 g/mol. The van der Waals surface area contributed by atoms with E-state index in [0.717, 1.165) is 37.3 Å². The van der Waals surface area contributed by atoms with Crippen LogP contribution in [0.2, 0.25) is 0 Å². The van der Waals surface area contributed by atoms with E-state index in [9.17, 15) is 5.11 Å². The van der Waals surface area contributed by atoms with Crippen LogP contribution in [0.5, 0.6) is 23.0 Å². The fraction of sp³-hybridized carbons (Fsp3) is 0.500. The van der Waals surface area contributed by atoms with Crippen LogP contribution in [0.3, 0.4) is 0 Å². The Hall–Kier alpha value is -2.48. The lowest BCUT2D eigenvalue weighted by atomic mass is 10.1. The second-order valence-electron chi connectivity index (χ2n) is 7.66. The number of hydrogen-bond acceptors (Lipinski definition) is 7. The van der Waals surface area contributed by atoms with E-state index in [0.29, 0.717) is 30.3 Å². The molecule has 0 saturated carbocycles. The highest BCUT2D eigenvalue weighted by Gasteiger charge is 2.22. The minimum atomic E-state index is -0.636.